The van der Waals surface area contributed by atoms with Gasteiger partial charge >= 0.3 is 0 Å². The Morgan fingerprint density at radius 3 is 2.88 bits per heavy atom. The van der Waals surface area contributed by atoms with Crippen LogP contribution in [-0.2, 0) is 13.6 Å². The molecule has 0 aliphatic carbocycles. The van der Waals surface area contributed by atoms with Crippen LogP contribution in [0.4, 0.5) is 0 Å². The molecule has 6 heteroatoms. The van der Waals surface area contributed by atoms with Crippen LogP contribution in [-0.4, -0.2) is 24.1 Å². The van der Waals surface area contributed by atoms with E-state index >= 15 is 0 Å². The SMILES string of the molecule is CCn1cnc2c(-[n+]3ccn(C)c3)ncnc21. The van der Waals surface area contributed by atoms with Crippen molar-refractivity contribution in [2.24, 2.45) is 7.05 Å². The lowest BCUT2D eigenvalue weighted by Gasteiger charge is -1.97. The topological polar surface area (TPSA) is 52.4 Å². The van der Waals surface area contributed by atoms with E-state index < -0.39 is 0 Å². The number of fused-ring (bicyclic) bond motifs is 1. The maximum atomic E-state index is 4.38. The maximum absolute atomic E-state index is 4.38. The Morgan fingerprint density at radius 1 is 1.29 bits per heavy atom. The molecule has 0 amide bonds. The first kappa shape index (κ1) is 9.95. The molecule has 0 atom stereocenters. The molecule has 0 aliphatic heterocycles. The van der Waals surface area contributed by atoms with E-state index in [0.29, 0.717) is 0 Å². The van der Waals surface area contributed by atoms with Crippen molar-refractivity contribution in [2.75, 3.05) is 0 Å². The molecular weight excluding hydrogens is 216 g/mol. The number of hydrogen-bond donors (Lipinski definition) is 0. The van der Waals surface area contributed by atoms with Gasteiger partial charge in [0.2, 0.25) is 0 Å². The molecule has 6 nitrogen and oxygen atoms in total. The Labute approximate surface area is 98.2 Å². The van der Waals surface area contributed by atoms with Gasteiger partial charge in [0.15, 0.2) is 23.8 Å². The van der Waals surface area contributed by atoms with Crippen molar-refractivity contribution >= 4 is 11.2 Å². The first-order valence-electron chi connectivity index (χ1n) is 5.49. The van der Waals surface area contributed by atoms with E-state index in [1.807, 2.05) is 39.5 Å². The highest BCUT2D eigenvalue weighted by molar-refractivity contribution is 5.75. The van der Waals surface area contributed by atoms with Crippen LogP contribution in [0.5, 0.6) is 0 Å². The Balaban J connectivity index is 2.26. The Hall–Kier alpha value is -2.24. The molecule has 86 valence electrons. The van der Waals surface area contributed by atoms with Crippen molar-refractivity contribution in [3.63, 3.8) is 0 Å². The van der Waals surface area contributed by atoms with Gasteiger partial charge in [-0.25, -0.2) is 9.55 Å². The second kappa shape index (κ2) is 3.65. The van der Waals surface area contributed by atoms with Crippen LogP contribution < -0.4 is 4.57 Å². The Morgan fingerprint density at radius 2 is 2.18 bits per heavy atom. The van der Waals surface area contributed by atoms with E-state index in [-0.39, 0.29) is 0 Å². The second-order valence-corrected chi connectivity index (χ2v) is 3.89. The predicted octanol–water partition coefficient (Wildman–Crippen LogP) is 0.461. The number of nitrogens with zero attached hydrogens (tertiary/aromatic N) is 6. The molecular formula is C11H13N6+. The van der Waals surface area contributed by atoms with Gasteiger partial charge in [0, 0.05) is 6.54 Å². The monoisotopic (exact) mass is 229 g/mol. The van der Waals surface area contributed by atoms with Gasteiger partial charge in [-0.2, -0.15) is 4.98 Å². The number of aryl methyl sites for hydroxylation is 2. The third-order valence-electron chi connectivity index (χ3n) is 2.74. The fraction of sp³-hybridized carbons (Fsp3) is 0.273. The van der Waals surface area contributed by atoms with Crippen LogP contribution in [0, 0.1) is 0 Å². The lowest BCUT2D eigenvalue weighted by atomic mass is 10.5. The summed E-state index contributed by atoms with van der Waals surface area (Å²) in [5.41, 5.74) is 1.69. The van der Waals surface area contributed by atoms with Gasteiger partial charge in [-0.15, -0.1) is 0 Å². The number of hydrogen-bond acceptors (Lipinski definition) is 3. The summed E-state index contributed by atoms with van der Waals surface area (Å²) in [6.45, 7) is 2.92. The summed E-state index contributed by atoms with van der Waals surface area (Å²) in [6.07, 6.45) is 9.24. The molecule has 17 heavy (non-hydrogen) atoms. The molecule has 0 unspecified atom stereocenters. The van der Waals surface area contributed by atoms with E-state index in [4.69, 9.17) is 0 Å². The van der Waals surface area contributed by atoms with E-state index in [1.54, 1.807) is 12.7 Å². The highest BCUT2D eigenvalue weighted by Gasteiger charge is 2.16. The Bertz CT molecular complexity index is 665. The maximum Gasteiger partial charge on any atom is 0.298 e. The molecule has 0 radical (unpaired) electrons. The first-order valence-corrected chi connectivity index (χ1v) is 5.49. The van der Waals surface area contributed by atoms with E-state index in [1.165, 1.54) is 0 Å². The van der Waals surface area contributed by atoms with E-state index in [2.05, 4.69) is 21.9 Å². The standard InChI is InChI=1S/C11H13N6/c1-3-16-7-14-9-10(16)12-6-13-11(9)17-5-4-15(2)8-17/h4-8H,3H2,1-2H3/q+1. The summed E-state index contributed by atoms with van der Waals surface area (Å²) in [5, 5.41) is 0. The molecule has 0 saturated carbocycles. The molecule has 0 fully saturated rings. The van der Waals surface area contributed by atoms with Crippen molar-refractivity contribution in [1.29, 1.82) is 0 Å². The molecule has 3 heterocycles. The molecule has 0 N–H and O–H groups in total. The first-order chi connectivity index (χ1) is 8.29. The van der Waals surface area contributed by atoms with Crippen LogP contribution in [0.25, 0.3) is 17.0 Å². The van der Waals surface area contributed by atoms with Crippen LogP contribution >= 0.6 is 0 Å². The second-order valence-electron chi connectivity index (χ2n) is 3.89. The molecule has 3 aromatic heterocycles. The summed E-state index contributed by atoms with van der Waals surface area (Å²) in [6, 6.07) is 0. The van der Waals surface area contributed by atoms with Crippen LogP contribution in [0.2, 0.25) is 0 Å². The van der Waals surface area contributed by atoms with Gasteiger partial charge in [-0.1, -0.05) is 4.98 Å². The summed E-state index contributed by atoms with van der Waals surface area (Å²) in [5.74, 6) is 0.808. The summed E-state index contributed by atoms with van der Waals surface area (Å²) in [4.78, 5) is 13.0. The lowest BCUT2D eigenvalue weighted by Crippen LogP contribution is -2.29. The minimum Gasteiger partial charge on any atom is -0.315 e. The summed E-state index contributed by atoms with van der Waals surface area (Å²) >= 11 is 0. The average molecular weight is 229 g/mol. The zero-order valence-corrected chi connectivity index (χ0v) is 9.78. The Kier molecular flexibility index (Phi) is 2.14. The molecule has 0 spiro atoms. The number of rotatable bonds is 2. The van der Waals surface area contributed by atoms with Crippen molar-refractivity contribution in [2.45, 2.75) is 13.5 Å². The highest BCUT2D eigenvalue weighted by atomic mass is 15.2. The van der Waals surface area contributed by atoms with Crippen molar-refractivity contribution in [3.05, 3.63) is 31.4 Å². The van der Waals surface area contributed by atoms with Crippen LogP contribution in [0.15, 0.2) is 31.4 Å². The zero-order valence-electron chi connectivity index (χ0n) is 9.78. The summed E-state index contributed by atoms with van der Waals surface area (Å²) < 4.78 is 5.91. The van der Waals surface area contributed by atoms with Gasteiger partial charge in [0.25, 0.3) is 5.82 Å². The van der Waals surface area contributed by atoms with E-state index in [0.717, 1.165) is 23.5 Å². The fourth-order valence-corrected chi connectivity index (χ4v) is 1.86. The molecule has 0 aliphatic rings. The lowest BCUT2D eigenvalue weighted by molar-refractivity contribution is -0.597. The average Bonchev–Trinajstić information content (AvgIpc) is 2.94. The van der Waals surface area contributed by atoms with Gasteiger partial charge in [0.1, 0.15) is 6.20 Å². The van der Waals surface area contributed by atoms with Crippen LogP contribution in [0.1, 0.15) is 6.92 Å². The number of aromatic nitrogens is 6. The van der Waals surface area contributed by atoms with Crippen molar-refractivity contribution in [1.82, 2.24) is 24.1 Å². The molecule has 0 bridgehead atoms. The smallest absolute Gasteiger partial charge is 0.298 e. The van der Waals surface area contributed by atoms with Crippen LogP contribution in [0.3, 0.4) is 0 Å². The largest absolute Gasteiger partial charge is 0.315 e. The van der Waals surface area contributed by atoms with Gasteiger partial charge < -0.3 is 4.57 Å². The third-order valence-corrected chi connectivity index (χ3v) is 2.74. The summed E-state index contributed by atoms with van der Waals surface area (Å²) in [7, 11) is 1.97. The molecule has 3 rings (SSSR count). The van der Waals surface area contributed by atoms with Gasteiger partial charge in [0.05, 0.1) is 19.6 Å². The van der Waals surface area contributed by atoms with E-state index in [9.17, 15) is 0 Å². The zero-order chi connectivity index (χ0) is 11.8. The molecule has 0 aromatic carbocycles. The quantitative estimate of drug-likeness (QED) is 0.600. The van der Waals surface area contributed by atoms with Crippen molar-refractivity contribution in [3.8, 4) is 5.82 Å². The number of imidazole rings is 2. The fourth-order valence-electron chi connectivity index (χ4n) is 1.86. The highest BCUT2D eigenvalue weighted by Crippen LogP contribution is 2.12. The predicted molar refractivity (Wildman–Crippen MR) is 61.5 cm³/mol. The van der Waals surface area contributed by atoms with Gasteiger partial charge in [-0.05, 0) is 6.92 Å². The van der Waals surface area contributed by atoms with Gasteiger partial charge in [-0.3, -0.25) is 4.57 Å². The minimum absolute atomic E-state index is 0.808. The third kappa shape index (κ3) is 1.49. The minimum atomic E-state index is 0.808. The van der Waals surface area contributed by atoms with Crippen molar-refractivity contribution < 1.29 is 4.57 Å². The molecule has 0 saturated heterocycles. The molecule has 3 aromatic rings. The normalized spacial score (nSPS) is 11.2.